The highest BCUT2D eigenvalue weighted by atomic mass is 32.1. The van der Waals surface area contributed by atoms with Gasteiger partial charge in [-0.05, 0) is 39.3 Å². The van der Waals surface area contributed by atoms with Crippen molar-refractivity contribution in [3.63, 3.8) is 0 Å². The van der Waals surface area contributed by atoms with Crippen LogP contribution >= 0.6 is 11.3 Å². The molecule has 84 valence electrons. The van der Waals surface area contributed by atoms with Crippen LogP contribution in [0.25, 0.3) is 0 Å². The maximum Gasteiger partial charge on any atom is 0.320 e. The fourth-order valence-electron chi connectivity index (χ4n) is 1.45. The lowest BCUT2D eigenvalue weighted by Crippen LogP contribution is -2.40. The zero-order chi connectivity index (χ0) is 11.4. The molecule has 1 rings (SSSR count). The van der Waals surface area contributed by atoms with Gasteiger partial charge in [-0.1, -0.05) is 0 Å². The topological polar surface area (TPSA) is 49.3 Å². The summed E-state index contributed by atoms with van der Waals surface area (Å²) in [6.07, 6.45) is 0.885. The Kier molecular flexibility index (Phi) is 4.29. The fourth-order valence-corrected chi connectivity index (χ4v) is 2.47. The lowest BCUT2D eigenvalue weighted by molar-refractivity contribution is -0.139. The summed E-state index contributed by atoms with van der Waals surface area (Å²) in [4.78, 5) is 13.2. The molecule has 0 amide bonds. The van der Waals surface area contributed by atoms with E-state index in [0.29, 0.717) is 0 Å². The average Bonchev–Trinajstić information content (AvgIpc) is 2.50. The summed E-state index contributed by atoms with van der Waals surface area (Å²) in [5.74, 6) is -0.802. The summed E-state index contributed by atoms with van der Waals surface area (Å²) in [6.45, 7) is 5.75. The molecule has 0 fully saturated rings. The van der Waals surface area contributed by atoms with Gasteiger partial charge in [-0.25, -0.2) is 0 Å². The Morgan fingerprint density at radius 2 is 2.20 bits per heavy atom. The molecule has 2 unspecified atom stereocenters. The van der Waals surface area contributed by atoms with Gasteiger partial charge in [0.2, 0.25) is 0 Å². The van der Waals surface area contributed by atoms with Crippen molar-refractivity contribution in [1.82, 2.24) is 5.32 Å². The average molecular weight is 227 g/mol. The van der Waals surface area contributed by atoms with E-state index in [9.17, 15) is 4.79 Å². The predicted molar refractivity (Wildman–Crippen MR) is 62.5 cm³/mol. The Morgan fingerprint density at radius 1 is 1.53 bits per heavy atom. The van der Waals surface area contributed by atoms with Gasteiger partial charge < -0.3 is 10.4 Å². The number of nitrogens with one attached hydrogen (secondary N) is 1. The van der Waals surface area contributed by atoms with Crippen LogP contribution in [0.4, 0.5) is 0 Å². The quantitative estimate of drug-likeness (QED) is 0.809. The van der Waals surface area contributed by atoms with Crippen molar-refractivity contribution in [1.29, 1.82) is 0 Å². The second-order valence-corrected chi connectivity index (χ2v) is 5.22. The Labute approximate surface area is 94.1 Å². The molecule has 3 nitrogen and oxygen atoms in total. The third-order valence-electron chi connectivity index (χ3n) is 2.21. The van der Waals surface area contributed by atoms with E-state index in [1.807, 2.05) is 6.92 Å². The van der Waals surface area contributed by atoms with E-state index >= 15 is 0 Å². The number of aryl methyl sites for hydroxylation is 1. The van der Waals surface area contributed by atoms with Crippen molar-refractivity contribution in [2.24, 2.45) is 0 Å². The molecule has 2 N–H and O–H groups in total. The molecule has 1 heterocycles. The third kappa shape index (κ3) is 4.01. The van der Waals surface area contributed by atoms with Crippen molar-refractivity contribution in [3.05, 3.63) is 21.9 Å². The summed E-state index contributed by atoms with van der Waals surface area (Å²) in [6, 6.07) is 3.90. The van der Waals surface area contributed by atoms with Crippen molar-refractivity contribution < 1.29 is 9.90 Å². The van der Waals surface area contributed by atoms with Crippen LogP contribution in [-0.2, 0) is 11.2 Å². The van der Waals surface area contributed by atoms with Crippen LogP contribution < -0.4 is 5.32 Å². The first kappa shape index (κ1) is 12.2. The number of hydrogen-bond acceptors (Lipinski definition) is 3. The molecule has 0 saturated carbocycles. The Morgan fingerprint density at radius 3 is 2.67 bits per heavy atom. The second-order valence-electron chi connectivity index (χ2n) is 3.84. The van der Waals surface area contributed by atoms with E-state index < -0.39 is 12.0 Å². The summed E-state index contributed by atoms with van der Waals surface area (Å²) < 4.78 is 0. The van der Waals surface area contributed by atoms with Gasteiger partial charge in [-0.15, -0.1) is 11.3 Å². The standard InChI is InChI=1S/C11H17NO2S/c1-7(12-9(3)11(13)14)6-10-5-4-8(2)15-10/h4-5,7,9,12H,6H2,1-3H3,(H,13,14). The number of carboxylic acid groups (broad SMARTS) is 1. The molecule has 1 aromatic rings. The van der Waals surface area contributed by atoms with Crippen LogP contribution in [0.5, 0.6) is 0 Å². The Balaban J connectivity index is 2.42. The van der Waals surface area contributed by atoms with Crippen molar-refractivity contribution in [2.45, 2.75) is 39.3 Å². The zero-order valence-electron chi connectivity index (χ0n) is 9.28. The third-order valence-corrected chi connectivity index (χ3v) is 3.23. The number of carboxylic acids is 1. The van der Waals surface area contributed by atoms with Gasteiger partial charge in [0.15, 0.2) is 0 Å². The number of hydrogen-bond donors (Lipinski definition) is 2. The number of thiophene rings is 1. The molecule has 4 heteroatoms. The zero-order valence-corrected chi connectivity index (χ0v) is 10.1. The normalized spacial score (nSPS) is 14.9. The highest BCUT2D eigenvalue weighted by molar-refractivity contribution is 7.11. The molecule has 0 aromatic carbocycles. The largest absolute Gasteiger partial charge is 0.480 e. The minimum Gasteiger partial charge on any atom is -0.480 e. The van der Waals surface area contributed by atoms with Gasteiger partial charge >= 0.3 is 5.97 Å². The number of aliphatic carboxylic acids is 1. The first-order valence-corrected chi connectivity index (χ1v) is 5.85. The highest BCUT2D eigenvalue weighted by Gasteiger charge is 2.14. The molecule has 0 saturated heterocycles. The molecule has 0 aliphatic carbocycles. The first-order chi connectivity index (χ1) is 6.99. The number of rotatable bonds is 5. The minimum atomic E-state index is -0.802. The van der Waals surface area contributed by atoms with E-state index in [4.69, 9.17) is 5.11 Å². The molecule has 0 aliphatic rings. The highest BCUT2D eigenvalue weighted by Crippen LogP contribution is 2.16. The van der Waals surface area contributed by atoms with Crippen LogP contribution in [0, 0.1) is 6.92 Å². The Hall–Kier alpha value is -0.870. The Bertz CT molecular complexity index is 335. The molecular formula is C11H17NO2S. The van der Waals surface area contributed by atoms with Crippen LogP contribution in [-0.4, -0.2) is 23.2 Å². The van der Waals surface area contributed by atoms with E-state index in [-0.39, 0.29) is 6.04 Å². The van der Waals surface area contributed by atoms with Crippen molar-refractivity contribution >= 4 is 17.3 Å². The van der Waals surface area contributed by atoms with Crippen LogP contribution in [0.3, 0.4) is 0 Å². The summed E-state index contributed by atoms with van der Waals surface area (Å²) in [5.41, 5.74) is 0. The molecule has 0 radical (unpaired) electrons. The molecule has 0 spiro atoms. The maximum absolute atomic E-state index is 10.6. The van der Waals surface area contributed by atoms with E-state index in [1.165, 1.54) is 9.75 Å². The van der Waals surface area contributed by atoms with Crippen molar-refractivity contribution in [3.8, 4) is 0 Å². The van der Waals surface area contributed by atoms with Crippen LogP contribution in [0.1, 0.15) is 23.6 Å². The van der Waals surface area contributed by atoms with E-state index in [1.54, 1.807) is 18.3 Å². The molecule has 0 aliphatic heterocycles. The van der Waals surface area contributed by atoms with Gasteiger partial charge in [0.25, 0.3) is 0 Å². The summed E-state index contributed by atoms with van der Waals surface area (Å²) in [5, 5.41) is 11.8. The molecule has 0 bridgehead atoms. The summed E-state index contributed by atoms with van der Waals surface area (Å²) in [7, 11) is 0. The van der Waals surface area contributed by atoms with Gasteiger partial charge in [0.05, 0.1) is 0 Å². The SMILES string of the molecule is Cc1ccc(CC(C)NC(C)C(=O)O)s1. The van der Waals surface area contributed by atoms with Gasteiger partial charge in [0.1, 0.15) is 6.04 Å². The smallest absolute Gasteiger partial charge is 0.320 e. The van der Waals surface area contributed by atoms with Crippen molar-refractivity contribution in [2.75, 3.05) is 0 Å². The first-order valence-electron chi connectivity index (χ1n) is 5.03. The monoisotopic (exact) mass is 227 g/mol. The summed E-state index contributed by atoms with van der Waals surface area (Å²) >= 11 is 1.76. The second kappa shape index (κ2) is 5.28. The van der Waals surface area contributed by atoms with Gasteiger partial charge in [0, 0.05) is 15.8 Å². The number of carbonyl (C=O) groups is 1. The predicted octanol–water partition coefficient (Wildman–Crippen LogP) is 2.05. The van der Waals surface area contributed by atoms with Gasteiger partial charge in [-0.3, -0.25) is 4.79 Å². The van der Waals surface area contributed by atoms with E-state index in [0.717, 1.165) is 6.42 Å². The molecule has 15 heavy (non-hydrogen) atoms. The molecule has 1 aromatic heterocycles. The van der Waals surface area contributed by atoms with Crippen LogP contribution in [0.2, 0.25) is 0 Å². The molecule has 2 atom stereocenters. The molecular weight excluding hydrogens is 210 g/mol. The van der Waals surface area contributed by atoms with E-state index in [2.05, 4.69) is 24.4 Å². The van der Waals surface area contributed by atoms with Gasteiger partial charge in [-0.2, -0.15) is 0 Å². The lowest BCUT2D eigenvalue weighted by atomic mass is 10.2. The maximum atomic E-state index is 10.6. The minimum absolute atomic E-state index is 0.189. The van der Waals surface area contributed by atoms with Crippen LogP contribution in [0.15, 0.2) is 12.1 Å². The lowest BCUT2D eigenvalue weighted by Gasteiger charge is -2.15. The fraction of sp³-hybridized carbons (Fsp3) is 0.545.